The van der Waals surface area contributed by atoms with E-state index in [1.54, 1.807) is 23.5 Å². The third kappa shape index (κ3) is 8.57. The number of hydrogen-bond acceptors (Lipinski definition) is 6. The molecule has 3 saturated heterocycles. The average Bonchev–Trinajstić information content (AvgIpc) is 3.50. The zero-order valence-corrected chi connectivity index (χ0v) is 24.3. The zero-order valence-electron chi connectivity index (χ0n) is 23.5. The van der Waals surface area contributed by atoms with Gasteiger partial charge in [-0.2, -0.15) is 24.5 Å². The molecule has 12 heteroatoms. The molecule has 4 heterocycles. The van der Waals surface area contributed by atoms with Crippen molar-refractivity contribution in [2.24, 2.45) is 5.92 Å². The minimum absolute atomic E-state index is 0.141. The van der Waals surface area contributed by atoms with Gasteiger partial charge in [-0.25, -0.2) is 9.18 Å². The Morgan fingerprint density at radius 3 is 2.40 bits per heavy atom. The van der Waals surface area contributed by atoms with Crippen LogP contribution in [0.3, 0.4) is 0 Å². The van der Waals surface area contributed by atoms with Gasteiger partial charge in [0.25, 0.3) is 0 Å². The number of quaternary nitrogens is 1. The van der Waals surface area contributed by atoms with Crippen LogP contribution in [0.1, 0.15) is 24.0 Å². The number of carbonyl (C=O) groups is 2. The first kappa shape index (κ1) is 32.0. The monoisotopic (exact) mass is 620 g/mol. The molecular weight excluding hydrogens is 588 g/mol. The second-order valence-electron chi connectivity index (χ2n) is 10.5. The Balaban J connectivity index is 0.000000541. The summed E-state index contributed by atoms with van der Waals surface area (Å²) in [6.07, 6.45) is 0.774. The molecule has 3 aliphatic heterocycles. The molecule has 230 valence electrons. The Bertz CT molecular complexity index is 1390. The van der Waals surface area contributed by atoms with Crippen LogP contribution >= 0.6 is 11.3 Å². The van der Waals surface area contributed by atoms with E-state index in [1.165, 1.54) is 23.6 Å². The molecule has 3 fully saturated rings. The second kappa shape index (κ2) is 14.0. The van der Waals surface area contributed by atoms with Crippen LogP contribution in [0.25, 0.3) is 6.08 Å². The standard InChI is InChI=1S/C29H32FN2O3S.C2HF3O2/c1-34-27-10-9-25(18-26(27)30)31(19-23-13-17-36-21-23)29(33)35-28-20-32(15-11-24(28)12-16-32)14-5-8-22-6-3-2-4-7-22;3-2(4,5)1(6)7/h2-10,13,17-18,21,24,28H,11-12,14-16,19-20H2,1H3;(H,6,7)/q+1;/p-1/b8-5+;/t24?,28-,32?;/m0./s1. The number of nitrogens with zero attached hydrogens (tertiary/aromatic N) is 2. The summed E-state index contributed by atoms with van der Waals surface area (Å²) in [6, 6.07) is 16.9. The Labute approximate surface area is 251 Å². The molecule has 2 aromatic carbocycles. The predicted molar refractivity (Wildman–Crippen MR) is 153 cm³/mol. The molecule has 7 nitrogen and oxygen atoms in total. The fraction of sp³-hybridized carbons (Fsp3) is 0.355. The van der Waals surface area contributed by atoms with E-state index in [0.29, 0.717) is 18.2 Å². The molecule has 3 aromatic rings. The minimum Gasteiger partial charge on any atom is -0.542 e. The normalized spacial score (nSPS) is 21.1. The number of carbonyl (C=O) groups excluding carboxylic acids is 2. The molecule has 0 N–H and O–H groups in total. The first-order valence-corrected chi connectivity index (χ1v) is 14.6. The number of benzene rings is 2. The van der Waals surface area contributed by atoms with Crippen molar-refractivity contribution in [2.45, 2.75) is 31.7 Å². The number of carboxylic acid groups (broad SMARTS) is 1. The summed E-state index contributed by atoms with van der Waals surface area (Å²) in [7, 11) is 1.43. The topological polar surface area (TPSA) is 78.9 Å². The van der Waals surface area contributed by atoms with E-state index in [1.807, 2.05) is 35.0 Å². The molecule has 0 aliphatic carbocycles. The first-order valence-electron chi connectivity index (χ1n) is 13.7. The smallest absolute Gasteiger partial charge is 0.430 e. The maximum absolute atomic E-state index is 14.5. The number of thiophene rings is 1. The van der Waals surface area contributed by atoms with Crippen molar-refractivity contribution in [1.29, 1.82) is 0 Å². The van der Waals surface area contributed by atoms with Gasteiger partial charge in [0.1, 0.15) is 12.5 Å². The van der Waals surface area contributed by atoms with E-state index in [2.05, 4.69) is 24.3 Å². The molecule has 1 aromatic heterocycles. The van der Waals surface area contributed by atoms with Gasteiger partial charge in [0.2, 0.25) is 0 Å². The third-order valence-corrected chi connectivity index (χ3v) is 8.45. The lowest BCUT2D eigenvalue weighted by atomic mass is 9.83. The number of rotatable bonds is 8. The van der Waals surface area contributed by atoms with Gasteiger partial charge in [0, 0.05) is 24.8 Å². The molecule has 0 saturated carbocycles. The van der Waals surface area contributed by atoms with Crippen molar-refractivity contribution < 1.29 is 46.2 Å². The van der Waals surface area contributed by atoms with Crippen molar-refractivity contribution in [1.82, 2.24) is 0 Å². The van der Waals surface area contributed by atoms with Crippen LogP contribution in [-0.4, -0.2) is 62.1 Å². The van der Waals surface area contributed by atoms with Crippen molar-refractivity contribution in [3.8, 4) is 5.75 Å². The molecular formula is C31H32F4N2O5S. The van der Waals surface area contributed by atoms with E-state index < -0.39 is 24.1 Å². The fourth-order valence-electron chi connectivity index (χ4n) is 5.43. The number of ether oxygens (including phenoxy) is 2. The van der Waals surface area contributed by atoms with E-state index in [9.17, 15) is 22.4 Å². The van der Waals surface area contributed by atoms with Crippen LogP contribution in [0.5, 0.6) is 5.75 Å². The second-order valence-corrected chi connectivity index (χ2v) is 11.3. The van der Waals surface area contributed by atoms with Gasteiger partial charge in [-0.05, 0) is 46.2 Å². The van der Waals surface area contributed by atoms with Crippen LogP contribution in [0.15, 0.2) is 71.4 Å². The lowest BCUT2D eigenvalue weighted by molar-refractivity contribution is -0.941. The van der Waals surface area contributed by atoms with E-state index in [4.69, 9.17) is 19.4 Å². The molecule has 3 aliphatic rings. The van der Waals surface area contributed by atoms with Gasteiger partial charge >= 0.3 is 12.3 Å². The zero-order chi connectivity index (χ0) is 31.0. The number of methoxy groups -OCH3 is 1. The maximum atomic E-state index is 14.5. The molecule has 2 bridgehead atoms. The SMILES string of the molecule is COc1ccc(N(Cc2ccsc2)C(=O)O[C@H]2C[N+]3(C/C=C/c4ccccc4)CCC2CC3)cc1F.O=C([O-])C(F)(F)F. The molecule has 0 unspecified atom stereocenters. The van der Waals surface area contributed by atoms with Crippen molar-refractivity contribution in [3.63, 3.8) is 0 Å². The van der Waals surface area contributed by atoms with Crippen molar-refractivity contribution in [3.05, 3.63) is 88.4 Å². The van der Waals surface area contributed by atoms with Crippen LogP contribution in [-0.2, 0) is 16.1 Å². The van der Waals surface area contributed by atoms with Gasteiger partial charge in [0.05, 0.1) is 39.0 Å². The van der Waals surface area contributed by atoms with Crippen LogP contribution in [0, 0.1) is 11.7 Å². The number of piperidine rings is 3. The maximum Gasteiger partial charge on any atom is 0.430 e. The Hall–Kier alpha value is -3.90. The lowest BCUT2D eigenvalue weighted by Gasteiger charge is -2.51. The lowest BCUT2D eigenvalue weighted by Crippen LogP contribution is -2.64. The Kier molecular flexibility index (Phi) is 10.5. The van der Waals surface area contributed by atoms with E-state index >= 15 is 0 Å². The summed E-state index contributed by atoms with van der Waals surface area (Å²) in [6.45, 7) is 4.29. The van der Waals surface area contributed by atoms with Gasteiger partial charge in [-0.15, -0.1) is 0 Å². The van der Waals surface area contributed by atoms with Crippen LogP contribution in [0.2, 0.25) is 0 Å². The van der Waals surface area contributed by atoms with Gasteiger partial charge in [0.15, 0.2) is 17.7 Å². The summed E-state index contributed by atoms with van der Waals surface area (Å²) in [5, 5.41) is 12.7. The quantitative estimate of drug-likeness (QED) is 0.240. The van der Waals surface area contributed by atoms with Gasteiger partial charge < -0.3 is 23.9 Å². The van der Waals surface area contributed by atoms with Crippen LogP contribution < -0.4 is 14.7 Å². The van der Waals surface area contributed by atoms with Gasteiger partial charge in [-0.3, -0.25) is 4.90 Å². The van der Waals surface area contributed by atoms with E-state index in [-0.39, 0.29) is 11.9 Å². The number of halogens is 4. The number of amides is 1. The van der Waals surface area contributed by atoms with E-state index in [0.717, 1.165) is 49.1 Å². The number of hydrogen-bond donors (Lipinski definition) is 0. The Morgan fingerprint density at radius 1 is 1.12 bits per heavy atom. The number of alkyl halides is 3. The Morgan fingerprint density at radius 2 is 1.81 bits per heavy atom. The number of aliphatic carboxylic acids is 1. The number of fused-ring (bicyclic) bond motifs is 3. The molecule has 6 rings (SSSR count). The number of carboxylic acids is 1. The first-order chi connectivity index (χ1) is 20.5. The molecule has 0 spiro atoms. The van der Waals surface area contributed by atoms with Crippen molar-refractivity contribution in [2.75, 3.05) is 38.2 Å². The summed E-state index contributed by atoms with van der Waals surface area (Å²) in [5.41, 5.74) is 2.64. The summed E-state index contributed by atoms with van der Waals surface area (Å²) in [5.74, 6) is -2.99. The third-order valence-electron chi connectivity index (χ3n) is 7.72. The molecule has 1 amide bonds. The van der Waals surface area contributed by atoms with Crippen molar-refractivity contribution >= 4 is 35.2 Å². The predicted octanol–water partition coefficient (Wildman–Crippen LogP) is 5.66. The fourth-order valence-corrected chi connectivity index (χ4v) is 6.09. The number of anilines is 1. The minimum atomic E-state index is -5.19. The highest BCUT2D eigenvalue weighted by atomic mass is 32.1. The highest BCUT2D eigenvalue weighted by molar-refractivity contribution is 7.07. The summed E-state index contributed by atoms with van der Waals surface area (Å²) >= 11 is 1.57. The van der Waals surface area contributed by atoms with Crippen LogP contribution in [0.4, 0.5) is 28.0 Å². The molecule has 43 heavy (non-hydrogen) atoms. The highest BCUT2D eigenvalue weighted by Crippen LogP contribution is 2.36. The largest absolute Gasteiger partial charge is 0.542 e. The molecule has 1 atom stereocenters. The summed E-state index contributed by atoms with van der Waals surface area (Å²) < 4.78 is 58.2. The highest BCUT2D eigenvalue weighted by Gasteiger charge is 2.47. The molecule has 0 radical (unpaired) electrons. The van der Waals surface area contributed by atoms with Gasteiger partial charge in [-0.1, -0.05) is 36.4 Å². The average molecular weight is 621 g/mol. The summed E-state index contributed by atoms with van der Waals surface area (Å²) in [4.78, 5) is 23.8.